The van der Waals surface area contributed by atoms with E-state index < -0.39 is 0 Å². The number of carbonyl (C=O) groups excluding carboxylic acids is 1. The van der Waals surface area contributed by atoms with E-state index in [4.69, 9.17) is 16.0 Å². The van der Waals surface area contributed by atoms with Gasteiger partial charge in [0, 0.05) is 28.5 Å². The van der Waals surface area contributed by atoms with Crippen LogP contribution in [0.1, 0.15) is 21.8 Å². The van der Waals surface area contributed by atoms with Gasteiger partial charge in [-0.3, -0.25) is 9.48 Å². The molecular weight excluding hydrogens is 420 g/mol. The summed E-state index contributed by atoms with van der Waals surface area (Å²) in [5.41, 5.74) is 2.76. The summed E-state index contributed by atoms with van der Waals surface area (Å²) in [5, 5.41) is 7.50. The number of halogens is 1. The van der Waals surface area contributed by atoms with Gasteiger partial charge >= 0.3 is 0 Å². The van der Waals surface area contributed by atoms with Crippen molar-refractivity contribution < 1.29 is 9.21 Å². The number of nitrogens with zero attached hydrogens (tertiary/aromatic N) is 3. The van der Waals surface area contributed by atoms with Crippen molar-refractivity contribution in [1.82, 2.24) is 14.8 Å². The van der Waals surface area contributed by atoms with Crippen molar-refractivity contribution in [2.24, 2.45) is 0 Å². The molecule has 152 valence electrons. The molecule has 30 heavy (non-hydrogen) atoms. The summed E-state index contributed by atoms with van der Waals surface area (Å²) < 4.78 is 7.62. The Labute approximate surface area is 183 Å². The minimum absolute atomic E-state index is 0.253. The lowest BCUT2D eigenvalue weighted by molar-refractivity contribution is 0.102. The molecule has 1 N–H and O–H groups in total. The maximum atomic E-state index is 12.6. The molecule has 0 aliphatic heterocycles. The summed E-state index contributed by atoms with van der Waals surface area (Å²) in [7, 11) is 0. The first kappa shape index (κ1) is 20.3. The number of nitrogens with one attached hydrogen (secondary N) is 1. The number of aryl methyl sites for hydroxylation is 1. The molecule has 0 fully saturated rings. The second-order valence-corrected chi connectivity index (χ2v) is 7.89. The highest BCUT2D eigenvalue weighted by Gasteiger charge is 2.14. The number of oxazole rings is 1. The molecule has 8 heteroatoms. The number of rotatable bonds is 6. The number of amides is 1. The smallest absolute Gasteiger partial charge is 0.257 e. The van der Waals surface area contributed by atoms with Crippen LogP contribution in [0.5, 0.6) is 0 Å². The standard InChI is InChI=1S/C22H19ClN4O2S/c1-14-20(13-27-11-3-10-24-27)26-22(29-14)15-4-6-16(7-5-15)25-21(28)18-12-17(30-2)8-9-19(18)23/h3-12H,13H2,1-2H3,(H,25,28). The Balaban J connectivity index is 1.49. The predicted molar refractivity (Wildman–Crippen MR) is 119 cm³/mol. The Kier molecular flexibility index (Phi) is 5.92. The van der Waals surface area contributed by atoms with Crippen molar-refractivity contribution in [3.63, 3.8) is 0 Å². The van der Waals surface area contributed by atoms with Crippen LogP contribution >= 0.6 is 23.4 Å². The van der Waals surface area contributed by atoms with Crippen molar-refractivity contribution in [2.75, 3.05) is 11.6 Å². The van der Waals surface area contributed by atoms with E-state index in [1.807, 2.05) is 55.8 Å². The average molecular weight is 439 g/mol. The van der Waals surface area contributed by atoms with Crippen LogP contribution in [0.25, 0.3) is 11.5 Å². The van der Waals surface area contributed by atoms with Gasteiger partial charge in [0.15, 0.2) is 0 Å². The minimum atomic E-state index is -0.253. The average Bonchev–Trinajstić information content (AvgIpc) is 3.39. The van der Waals surface area contributed by atoms with E-state index in [-0.39, 0.29) is 5.91 Å². The summed E-state index contributed by atoms with van der Waals surface area (Å²) in [6.07, 6.45) is 5.56. The number of anilines is 1. The molecule has 2 aromatic heterocycles. The van der Waals surface area contributed by atoms with Gasteiger partial charge < -0.3 is 9.73 Å². The summed E-state index contributed by atoms with van der Waals surface area (Å²) >= 11 is 7.75. The van der Waals surface area contributed by atoms with E-state index in [0.29, 0.717) is 28.7 Å². The molecule has 4 aromatic rings. The molecule has 0 spiro atoms. The van der Waals surface area contributed by atoms with Crippen LogP contribution in [0, 0.1) is 6.92 Å². The molecule has 0 unspecified atom stereocenters. The van der Waals surface area contributed by atoms with Crippen molar-refractivity contribution in [1.29, 1.82) is 0 Å². The van der Waals surface area contributed by atoms with E-state index in [1.165, 1.54) is 0 Å². The number of hydrogen-bond acceptors (Lipinski definition) is 5. The van der Waals surface area contributed by atoms with Crippen molar-refractivity contribution >= 4 is 35.0 Å². The molecule has 2 aromatic carbocycles. The normalized spacial score (nSPS) is 10.9. The fraction of sp³-hybridized carbons (Fsp3) is 0.136. The quantitative estimate of drug-likeness (QED) is 0.401. The number of hydrogen-bond donors (Lipinski definition) is 1. The lowest BCUT2D eigenvalue weighted by Gasteiger charge is -2.08. The summed E-state index contributed by atoms with van der Waals surface area (Å²) in [6.45, 7) is 2.43. The van der Waals surface area contributed by atoms with Gasteiger partial charge in [0.1, 0.15) is 11.5 Å². The largest absolute Gasteiger partial charge is 0.441 e. The van der Waals surface area contributed by atoms with Crippen molar-refractivity contribution in [2.45, 2.75) is 18.4 Å². The molecule has 6 nitrogen and oxygen atoms in total. The number of thioether (sulfide) groups is 1. The highest BCUT2D eigenvalue weighted by molar-refractivity contribution is 7.98. The van der Waals surface area contributed by atoms with Crippen molar-refractivity contribution in [3.8, 4) is 11.5 Å². The summed E-state index contributed by atoms with van der Waals surface area (Å²) in [5.74, 6) is 1.03. The molecule has 0 aliphatic carbocycles. The zero-order valence-electron chi connectivity index (χ0n) is 16.4. The van der Waals surface area contributed by atoms with Gasteiger partial charge in [0.2, 0.25) is 5.89 Å². The van der Waals surface area contributed by atoms with E-state index in [0.717, 1.165) is 21.9 Å². The zero-order chi connectivity index (χ0) is 21.1. The van der Waals surface area contributed by atoms with E-state index in [1.54, 1.807) is 34.8 Å². The maximum absolute atomic E-state index is 12.6. The number of benzene rings is 2. The molecule has 0 bridgehead atoms. The van der Waals surface area contributed by atoms with Crippen LogP contribution in [-0.4, -0.2) is 26.9 Å². The lowest BCUT2D eigenvalue weighted by Crippen LogP contribution is -2.12. The van der Waals surface area contributed by atoms with Crippen LogP contribution < -0.4 is 5.32 Å². The van der Waals surface area contributed by atoms with Crippen LogP contribution in [0.2, 0.25) is 5.02 Å². The Morgan fingerprint density at radius 2 is 2.03 bits per heavy atom. The first-order valence-electron chi connectivity index (χ1n) is 9.22. The zero-order valence-corrected chi connectivity index (χ0v) is 18.0. The van der Waals surface area contributed by atoms with Gasteiger partial charge in [-0.25, -0.2) is 4.98 Å². The first-order valence-corrected chi connectivity index (χ1v) is 10.8. The fourth-order valence-electron chi connectivity index (χ4n) is 2.95. The highest BCUT2D eigenvalue weighted by Crippen LogP contribution is 2.26. The molecule has 1 amide bonds. The number of carbonyl (C=O) groups is 1. The Morgan fingerprint density at radius 1 is 1.23 bits per heavy atom. The van der Waals surface area contributed by atoms with E-state index in [2.05, 4.69) is 15.4 Å². The monoisotopic (exact) mass is 438 g/mol. The molecular formula is C22H19ClN4O2S. The third-order valence-corrected chi connectivity index (χ3v) is 5.63. The first-order chi connectivity index (χ1) is 14.5. The molecule has 4 rings (SSSR count). The highest BCUT2D eigenvalue weighted by atomic mass is 35.5. The maximum Gasteiger partial charge on any atom is 0.257 e. The molecule has 2 heterocycles. The predicted octanol–water partition coefficient (Wildman–Crippen LogP) is 5.52. The second kappa shape index (κ2) is 8.77. The molecule has 0 radical (unpaired) electrons. The molecule has 0 atom stereocenters. The minimum Gasteiger partial charge on any atom is -0.441 e. The van der Waals surface area contributed by atoms with Gasteiger partial charge in [0.25, 0.3) is 5.91 Å². The van der Waals surface area contributed by atoms with Gasteiger partial charge in [-0.15, -0.1) is 11.8 Å². The summed E-state index contributed by atoms with van der Waals surface area (Å²) in [4.78, 5) is 18.2. The van der Waals surface area contributed by atoms with Gasteiger partial charge in [0.05, 0.1) is 17.1 Å². The third-order valence-electron chi connectivity index (χ3n) is 4.57. The third kappa shape index (κ3) is 4.42. The lowest BCUT2D eigenvalue weighted by atomic mass is 10.1. The Hall–Kier alpha value is -3.03. The molecule has 0 saturated carbocycles. The number of aromatic nitrogens is 3. The van der Waals surface area contributed by atoms with Crippen LogP contribution in [0.3, 0.4) is 0 Å². The fourth-order valence-corrected chi connectivity index (χ4v) is 3.59. The van der Waals surface area contributed by atoms with Gasteiger partial charge in [-0.1, -0.05) is 11.6 Å². The van der Waals surface area contributed by atoms with Crippen LogP contribution in [0.4, 0.5) is 5.69 Å². The Bertz CT molecular complexity index is 1170. The molecule has 0 saturated heterocycles. The van der Waals surface area contributed by atoms with Crippen molar-refractivity contribution in [3.05, 3.63) is 83.0 Å². The second-order valence-electron chi connectivity index (χ2n) is 6.60. The van der Waals surface area contributed by atoms with Crippen LogP contribution in [-0.2, 0) is 6.54 Å². The topological polar surface area (TPSA) is 73.0 Å². The molecule has 0 aliphatic rings. The summed E-state index contributed by atoms with van der Waals surface area (Å²) in [6, 6.07) is 14.6. The Morgan fingerprint density at radius 3 is 2.73 bits per heavy atom. The van der Waals surface area contributed by atoms with Gasteiger partial charge in [-0.05, 0) is 61.7 Å². The van der Waals surface area contributed by atoms with E-state index in [9.17, 15) is 4.79 Å². The SMILES string of the molecule is CSc1ccc(Cl)c(C(=O)Nc2ccc(-c3nc(Cn4cccn4)c(C)o3)cc2)c1. The van der Waals surface area contributed by atoms with Gasteiger partial charge in [-0.2, -0.15) is 5.10 Å². The van der Waals surface area contributed by atoms with E-state index >= 15 is 0 Å². The van der Waals surface area contributed by atoms with Crippen LogP contribution in [0.15, 0.2) is 70.2 Å².